The first kappa shape index (κ1) is 21.5. The normalized spacial score (nSPS) is 22.2. The molecule has 2 heterocycles. The topological polar surface area (TPSA) is 63.2 Å². The van der Waals surface area contributed by atoms with E-state index in [0.29, 0.717) is 12.7 Å². The van der Waals surface area contributed by atoms with Gasteiger partial charge in [0.2, 0.25) is 0 Å². The number of hydrogen-bond donors (Lipinski definition) is 1. The maximum absolute atomic E-state index is 11.8. The first-order valence-corrected chi connectivity index (χ1v) is 9.06. The molecule has 0 saturated carbocycles. The summed E-state index contributed by atoms with van der Waals surface area (Å²) in [5.74, 6) is 0.959. The van der Waals surface area contributed by atoms with Crippen molar-refractivity contribution in [1.82, 2.24) is 10.2 Å². The summed E-state index contributed by atoms with van der Waals surface area (Å²) in [5, 5.41) is 3.37. The summed E-state index contributed by atoms with van der Waals surface area (Å²) in [5.41, 5.74) is 0. The summed E-state index contributed by atoms with van der Waals surface area (Å²) >= 11 is 0. The third-order valence-electron chi connectivity index (χ3n) is 4.49. The Morgan fingerprint density at radius 3 is 2.62 bits per heavy atom. The summed E-state index contributed by atoms with van der Waals surface area (Å²) in [6, 6.07) is 0. The molecule has 0 aromatic rings. The number of esters is 1. The zero-order valence-electron chi connectivity index (χ0n) is 15.0. The standard InChI is InChI=1S/C17H31N3O3.HI/c1-3-18-17(19-10-7-15-6-5-13-23-15)20-11-8-14(9-12-20)16(21)22-4-2;/h14-15H,3-13H2,1-2H3,(H,18,19);1H. The van der Waals surface area contributed by atoms with Crippen LogP contribution in [0.3, 0.4) is 0 Å². The minimum atomic E-state index is -0.0486. The zero-order valence-corrected chi connectivity index (χ0v) is 17.3. The van der Waals surface area contributed by atoms with Gasteiger partial charge in [-0.05, 0) is 46.0 Å². The van der Waals surface area contributed by atoms with Gasteiger partial charge in [0.25, 0.3) is 0 Å². The SMILES string of the molecule is CCNC(=NCCC1CCCO1)N1CCC(C(=O)OCC)CC1.I. The van der Waals surface area contributed by atoms with Crippen LogP contribution in [0.2, 0.25) is 0 Å². The number of nitrogens with zero attached hydrogens (tertiary/aromatic N) is 2. The molecule has 0 amide bonds. The molecule has 2 saturated heterocycles. The fourth-order valence-electron chi connectivity index (χ4n) is 3.20. The van der Waals surface area contributed by atoms with Crippen LogP contribution in [0, 0.1) is 5.92 Å². The quantitative estimate of drug-likeness (QED) is 0.290. The minimum Gasteiger partial charge on any atom is -0.466 e. The summed E-state index contributed by atoms with van der Waals surface area (Å²) in [4.78, 5) is 18.8. The molecule has 6 nitrogen and oxygen atoms in total. The van der Waals surface area contributed by atoms with E-state index in [1.807, 2.05) is 6.92 Å². The second-order valence-electron chi connectivity index (χ2n) is 6.17. The van der Waals surface area contributed by atoms with Gasteiger partial charge >= 0.3 is 5.97 Å². The molecule has 1 atom stereocenters. The smallest absolute Gasteiger partial charge is 0.309 e. The van der Waals surface area contributed by atoms with Crippen molar-refractivity contribution >= 4 is 35.9 Å². The van der Waals surface area contributed by atoms with Crippen LogP contribution >= 0.6 is 24.0 Å². The molecule has 0 spiro atoms. The second kappa shape index (κ2) is 11.9. The average molecular weight is 453 g/mol. The van der Waals surface area contributed by atoms with Gasteiger partial charge in [-0.1, -0.05) is 0 Å². The van der Waals surface area contributed by atoms with Gasteiger partial charge in [0.15, 0.2) is 5.96 Å². The van der Waals surface area contributed by atoms with Crippen LogP contribution in [0.4, 0.5) is 0 Å². The summed E-state index contributed by atoms with van der Waals surface area (Å²) < 4.78 is 10.8. The van der Waals surface area contributed by atoms with E-state index in [-0.39, 0.29) is 35.9 Å². The molecule has 7 heteroatoms. The van der Waals surface area contributed by atoms with E-state index in [4.69, 9.17) is 14.5 Å². The fourth-order valence-corrected chi connectivity index (χ4v) is 3.20. The molecule has 2 fully saturated rings. The fraction of sp³-hybridized carbons (Fsp3) is 0.882. The van der Waals surface area contributed by atoms with Crippen LogP contribution in [-0.2, 0) is 14.3 Å². The number of nitrogens with one attached hydrogen (secondary N) is 1. The number of carbonyl (C=O) groups excluding carboxylic acids is 1. The van der Waals surface area contributed by atoms with Crippen LogP contribution in [0.25, 0.3) is 0 Å². The number of halogens is 1. The molecular weight excluding hydrogens is 421 g/mol. The molecule has 0 aliphatic carbocycles. The largest absolute Gasteiger partial charge is 0.466 e. The molecule has 24 heavy (non-hydrogen) atoms. The number of likely N-dealkylation sites (tertiary alicyclic amines) is 1. The Bertz CT molecular complexity index is 393. The molecule has 2 aliphatic rings. The number of ether oxygens (including phenoxy) is 2. The molecule has 1 unspecified atom stereocenters. The van der Waals surface area contributed by atoms with E-state index in [1.54, 1.807) is 0 Å². The lowest BCUT2D eigenvalue weighted by atomic mass is 9.97. The van der Waals surface area contributed by atoms with Gasteiger partial charge < -0.3 is 19.7 Å². The van der Waals surface area contributed by atoms with Crippen LogP contribution in [-0.4, -0.2) is 62.3 Å². The highest BCUT2D eigenvalue weighted by Gasteiger charge is 2.27. The molecule has 0 aromatic carbocycles. The van der Waals surface area contributed by atoms with Crippen molar-refractivity contribution in [3.63, 3.8) is 0 Å². The van der Waals surface area contributed by atoms with Gasteiger partial charge in [0, 0.05) is 32.8 Å². The Morgan fingerprint density at radius 1 is 1.29 bits per heavy atom. The van der Waals surface area contributed by atoms with Gasteiger partial charge in [0.05, 0.1) is 18.6 Å². The van der Waals surface area contributed by atoms with E-state index >= 15 is 0 Å². The Balaban J connectivity index is 0.00000288. The predicted octanol–water partition coefficient (Wildman–Crippen LogP) is 2.41. The van der Waals surface area contributed by atoms with Gasteiger partial charge in [-0.25, -0.2) is 0 Å². The minimum absolute atomic E-state index is 0. The highest BCUT2D eigenvalue weighted by atomic mass is 127. The van der Waals surface area contributed by atoms with Crippen molar-refractivity contribution in [2.45, 2.75) is 52.1 Å². The summed E-state index contributed by atoms with van der Waals surface area (Å²) in [6.07, 6.45) is 5.40. The Morgan fingerprint density at radius 2 is 2.04 bits per heavy atom. The monoisotopic (exact) mass is 453 g/mol. The van der Waals surface area contributed by atoms with Crippen molar-refractivity contribution in [3.05, 3.63) is 0 Å². The number of carbonyl (C=O) groups is 1. The number of aliphatic imine (C=N–C) groups is 1. The summed E-state index contributed by atoms with van der Waals surface area (Å²) in [6.45, 7) is 8.67. The van der Waals surface area contributed by atoms with Crippen LogP contribution in [0.1, 0.15) is 46.0 Å². The molecular formula is C17H32IN3O3. The number of rotatable bonds is 6. The second-order valence-corrected chi connectivity index (χ2v) is 6.17. The van der Waals surface area contributed by atoms with Crippen molar-refractivity contribution in [2.75, 3.05) is 39.4 Å². The zero-order chi connectivity index (χ0) is 16.5. The maximum atomic E-state index is 11.8. The van der Waals surface area contributed by atoms with E-state index in [9.17, 15) is 4.79 Å². The Hall–Kier alpha value is -0.570. The van der Waals surface area contributed by atoms with E-state index in [2.05, 4.69) is 17.1 Å². The van der Waals surface area contributed by atoms with E-state index in [1.165, 1.54) is 6.42 Å². The van der Waals surface area contributed by atoms with Gasteiger partial charge in [-0.2, -0.15) is 0 Å². The maximum Gasteiger partial charge on any atom is 0.309 e. The third kappa shape index (κ3) is 6.74. The van der Waals surface area contributed by atoms with Crippen molar-refractivity contribution in [2.24, 2.45) is 10.9 Å². The number of hydrogen-bond acceptors (Lipinski definition) is 4. The highest BCUT2D eigenvalue weighted by Crippen LogP contribution is 2.19. The average Bonchev–Trinajstić information content (AvgIpc) is 3.08. The number of guanidine groups is 1. The Labute approximate surface area is 162 Å². The van der Waals surface area contributed by atoms with Crippen molar-refractivity contribution in [1.29, 1.82) is 0 Å². The third-order valence-corrected chi connectivity index (χ3v) is 4.49. The van der Waals surface area contributed by atoms with Crippen LogP contribution in [0.5, 0.6) is 0 Å². The van der Waals surface area contributed by atoms with E-state index < -0.39 is 0 Å². The first-order valence-electron chi connectivity index (χ1n) is 9.06. The van der Waals surface area contributed by atoms with Crippen molar-refractivity contribution < 1.29 is 14.3 Å². The van der Waals surface area contributed by atoms with Crippen molar-refractivity contribution in [3.8, 4) is 0 Å². The van der Waals surface area contributed by atoms with Gasteiger partial charge in [0.1, 0.15) is 0 Å². The first-order chi connectivity index (χ1) is 11.2. The highest BCUT2D eigenvalue weighted by molar-refractivity contribution is 14.0. The van der Waals surface area contributed by atoms with Gasteiger partial charge in [-0.15, -0.1) is 24.0 Å². The Kier molecular flexibility index (Phi) is 10.6. The molecule has 1 N–H and O–H groups in total. The molecule has 2 rings (SSSR count). The lowest BCUT2D eigenvalue weighted by Crippen LogP contribution is -2.46. The molecule has 0 radical (unpaired) electrons. The van der Waals surface area contributed by atoms with Crippen LogP contribution < -0.4 is 5.32 Å². The molecule has 140 valence electrons. The predicted molar refractivity (Wildman–Crippen MR) is 106 cm³/mol. The van der Waals surface area contributed by atoms with Crippen LogP contribution in [0.15, 0.2) is 4.99 Å². The molecule has 2 aliphatic heterocycles. The lowest BCUT2D eigenvalue weighted by Gasteiger charge is -2.33. The molecule has 0 bridgehead atoms. The van der Waals surface area contributed by atoms with Gasteiger partial charge in [-0.3, -0.25) is 9.79 Å². The number of piperidine rings is 1. The summed E-state index contributed by atoms with van der Waals surface area (Å²) in [7, 11) is 0. The van der Waals surface area contributed by atoms with E-state index in [0.717, 1.165) is 64.4 Å². The molecule has 0 aromatic heterocycles. The lowest BCUT2D eigenvalue weighted by molar-refractivity contribution is -0.149.